The molecule has 0 bridgehead atoms. The second-order valence-electron chi connectivity index (χ2n) is 5.49. The van der Waals surface area contributed by atoms with Crippen molar-refractivity contribution in [1.29, 1.82) is 0 Å². The highest BCUT2D eigenvalue weighted by Gasteiger charge is 2.31. The monoisotopic (exact) mass is 514 g/mol. The zero-order chi connectivity index (χ0) is 19.0. The van der Waals surface area contributed by atoms with Crippen molar-refractivity contribution in [1.82, 2.24) is 15.6 Å². The summed E-state index contributed by atoms with van der Waals surface area (Å²) in [5.74, 6) is 0.296. The molecular weight excluding hydrogens is 492 g/mol. The third-order valence-corrected chi connectivity index (χ3v) is 4.42. The molecule has 2 aromatic rings. The summed E-state index contributed by atoms with van der Waals surface area (Å²) in [5.41, 5.74) is 1.42. The van der Waals surface area contributed by atoms with Gasteiger partial charge in [-0.15, -0.1) is 48.5 Å². The van der Waals surface area contributed by atoms with Gasteiger partial charge in [0.05, 0.1) is 5.01 Å². The van der Waals surface area contributed by atoms with Crippen molar-refractivity contribution in [2.24, 2.45) is 4.99 Å². The van der Waals surface area contributed by atoms with E-state index in [1.807, 2.05) is 12.3 Å². The molecule has 2 N–H and O–H groups in total. The smallest absolute Gasteiger partial charge is 0.405 e. The SMILES string of the molecule is CN=C(NCCCc1nc(C)cs1)NCc1ccccc1OC(F)(F)F.I. The topological polar surface area (TPSA) is 58.5 Å². The molecule has 0 unspecified atom stereocenters. The van der Waals surface area contributed by atoms with Crippen LogP contribution in [0.25, 0.3) is 0 Å². The van der Waals surface area contributed by atoms with Gasteiger partial charge in [-0.3, -0.25) is 4.99 Å². The van der Waals surface area contributed by atoms with Crippen LogP contribution in [0.15, 0.2) is 34.6 Å². The number of thiazole rings is 1. The van der Waals surface area contributed by atoms with E-state index < -0.39 is 6.36 Å². The van der Waals surface area contributed by atoms with Crippen molar-refractivity contribution < 1.29 is 17.9 Å². The van der Waals surface area contributed by atoms with Crippen LogP contribution < -0.4 is 15.4 Å². The van der Waals surface area contributed by atoms with Gasteiger partial charge < -0.3 is 15.4 Å². The van der Waals surface area contributed by atoms with E-state index in [1.54, 1.807) is 30.5 Å². The van der Waals surface area contributed by atoms with E-state index in [9.17, 15) is 13.2 Å². The van der Waals surface area contributed by atoms with Crippen molar-refractivity contribution >= 4 is 41.3 Å². The molecule has 1 aromatic carbocycles. The van der Waals surface area contributed by atoms with Gasteiger partial charge in [-0.1, -0.05) is 18.2 Å². The van der Waals surface area contributed by atoms with E-state index in [0.29, 0.717) is 18.1 Å². The van der Waals surface area contributed by atoms with Crippen LogP contribution in [0.4, 0.5) is 13.2 Å². The van der Waals surface area contributed by atoms with Gasteiger partial charge in [-0.2, -0.15) is 0 Å². The molecule has 0 aliphatic carbocycles. The maximum Gasteiger partial charge on any atom is 0.573 e. The molecule has 0 saturated heterocycles. The molecular formula is C17H22F3IN4OS. The van der Waals surface area contributed by atoms with Crippen molar-refractivity contribution in [3.8, 4) is 5.75 Å². The van der Waals surface area contributed by atoms with Gasteiger partial charge in [0.25, 0.3) is 0 Å². The summed E-state index contributed by atoms with van der Waals surface area (Å²) in [7, 11) is 1.61. The molecule has 1 heterocycles. The summed E-state index contributed by atoms with van der Waals surface area (Å²) in [5, 5.41) is 9.24. The fourth-order valence-electron chi connectivity index (χ4n) is 2.24. The number of nitrogens with one attached hydrogen (secondary N) is 2. The van der Waals surface area contributed by atoms with Crippen LogP contribution in [0.3, 0.4) is 0 Å². The van der Waals surface area contributed by atoms with E-state index in [4.69, 9.17) is 0 Å². The predicted octanol–water partition coefficient (Wildman–Crippen LogP) is 4.27. The molecule has 0 spiro atoms. The van der Waals surface area contributed by atoms with E-state index >= 15 is 0 Å². The average Bonchev–Trinajstić information content (AvgIpc) is 2.99. The van der Waals surface area contributed by atoms with Crippen molar-refractivity contribution in [2.45, 2.75) is 32.7 Å². The van der Waals surface area contributed by atoms with Crippen LogP contribution in [0, 0.1) is 6.92 Å². The number of aryl methyl sites for hydroxylation is 2. The van der Waals surface area contributed by atoms with E-state index in [1.165, 1.54) is 12.1 Å². The highest BCUT2D eigenvalue weighted by molar-refractivity contribution is 14.0. The Morgan fingerprint density at radius 1 is 1.26 bits per heavy atom. The van der Waals surface area contributed by atoms with Gasteiger partial charge in [0, 0.05) is 43.2 Å². The molecule has 0 aliphatic heterocycles. The van der Waals surface area contributed by atoms with Gasteiger partial charge >= 0.3 is 6.36 Å². The molecule has 0 amide bonds. The number of rotatable bonds is 7. The fraction of sp³-hybridized carbons (Fsp3) is 0.412. The largest absolute Gasteiger partial charge is 0.573 e. The van der Waals surface area contributed by atoms with Crippen LogP contribution in [-0.4, -0.2) is 30.9 Å². The van der Waals surface area contributed by atoms with E-state index in [0.717, 1.165) is 23.5 Å². The number of ether oxygens (including phenoxy) is 1. The van der Waals surface area contributed by atoms with Gasteiger partial charge in [0.1, 0.15) is 5.75 Å². The summed E-state index contributed by atoms with van der Waals surface area (Å²) in [4.78, 5) is 8.48. The highest BCUT2D eigenvalue weighted by Crippen LogP contribution is 2.26. The third-order valence-electron chi connectivity index (χ3n) is 3.39. The van der Waals surface area contributed by atoms with Crippen molar-refractivity contribution in [3.05, 3.63) is 45.9 Å². The lowest BCUT2D eigenvalue weighted by Gasteiger charge is -2.15. The minimum Gasteiger partial charge on any atom is -0.405 e. The number of aromatic nitrogens is 1. The first kappa shape index (κ1) is 23.5. The first-order valence-corrected chi connectivity index (χ1v) is 8.94. The van der Waals surface area contributed by atoms with Crippen LogP contribution in [0.1, 0.15) is 22.7 Å². The minimum atomic E-state index is -4.72. The number of benzene rings is 1. The molecule has 2 rings (SSSR count). The van der Waals surface area contributed by atoms with Crippen molar-refractivity contribution in [3.63, 3.8) is 0 Å². The molecule has 5 nitrogen and oxygen atoms in total. The number of guanidine groups is 1. The summed E-state index contributed by atoms with van der Waals surface area (Å²) in [6.45, 7) is 2.81. The van der Waals surface area contributed by atoms with Gasteiger partial charge in [-0.25, -0.2) is 4.98 Å². The van der Waals surface area contributed by atoms with E-state index in [-0.39, 0.29) is 36.3 Å². The molecule has 0 saturated carbocycles. The number of para-hydroxylation sites is 1. The second kappa shape index (κ2) is 11.3. The molecule has 0 aliphatic rings. The molecule has 27 heavy (non-hydrogen) atoms. The number of hydrogen-bond acceptors (Lipinski definition) is 4. The van der Waals surface area contributed by atoms with Gasteiger partial charge in [0.15, 0.2) is 5.96 Å². The van der Waals surface area contributed by atoms with Crippen LogP contribution in [-0.2, 0) is 13.0 Å². The minimum absolute atomic E-state index is 0. The summed E-state index contributed by atoms with van der Waals surface area (Å²) in [6.07, 6.45) is -2.98. The highest BCUT2D eigenvalue weighted by atomic mass is 127. The molecule has 0 radical (unpaired) electrons. The van der Waals surface area contributed by atoms with E-state index in [2.05, 4.69) is 25.3 Å². The second-order valence-corrected chi connectivity index (χ2v) is 6.44. The Labute approximate surface area is 177 Å². The first-order chi connectivity index (χ1) is 12.4. The zero-order valence-electron chi connectivity index (χ0n) is 15.0. The summed E-state index contributed by atoms with van der Waals surface area (Å²) >= 11 is 1.64. The Kier molecular flexibility index (Phi) is 9.84. The number of nitrogens with zero attached hydrogens (tertiary/aromatic N) is 2. The Bertz CT molecular complexity index is 737. The van der Waals surface area contributed by atoms with Crippen molar-refractivity contribution in [2.75, 3.05) is 13.6 Å². The zero-order valence-corrected chi connectivity index (χ0v) is 18.1. The number of alkyl halides is 3. The Morgan fingerprint density at radius 2 is 2.00 bits per heavy atom. The average molecular weight is 514 g/mol. The standard InChI is InChI=1S/C17H21F3N4OS.HI/c1-12-11-26-15(24-12)8-5-9-22-16(21-2)23-10-13-6-3-4-7-14(13)25-17(18,19)20;/h3-4,6-7,11H,5,8-10H2,1-2H3,(H2,21,22,23);1H. The maximum atomic E-state index is 12.5. The molecule has 1 aromatic heterocycles. The lowest BCUT2D eigenvalue weighted by atomic mass is 10.2. The normalized spacial score (nSPS) is 11.7. The summed E-state index contributed by atoms with van der Waals surface area (Å²) in [6, 6.07) is 6.02. The van der Waals surface area contributed by atoms with Crippen LogP contribution in [0.5, 0.6) is 5.75 Å². The van der Waals surface area contributed by atoms with Crippen LogP contribution >= 0.6 is 35.3 Å². The molecule has 0 atom stereocenters. The quantitative estimate of drug-likeness (QED) is 0.251. The molecule has 10 heteroatoms. The molecule has 0 fully saturated rings. The third kappa shape index (κ3) is 8.78. The van der Waals surface area contributed by atoms with Gasteiger partial charge in [0.2, 0.25) is 0 Å². The Morgan fingerprint density at radius 3 is 2.63 bits per heavy atom. The summed E-state index contributed by atoms with van der Waals surface area (Å²) < 4.78 is 41.4. The lowest BCUT2D eigenvalue weighted by molar-refractivity contribution is -0.274. The number of aliphatic imine (C=N–C) groups is 1. The maximum absolute atomic E-state index is 12.5. The van der Waals surface area contributed by atoms with Gasteiger partial charge in [-0.05, 0) is 19.4 Å². The predicted molar refractivity (Wildman–Crippen MR) is 112 cm³/mol. The number of halogens is 4. The molecule has 150 valence electrons. The number of hydrogen-bond donors (Lipinski definition) is 2. The fourth-order valence-corrected chi connectivity index (χ4v) is 3.06. The Hall–Kier alpha value is -1.56. The Balaban J connectivity index is 0.00000364. The van der Waals surface area contributed by atoms with Crippen LogP contribution in [0.2, 0.25) is 0 Å². The first-order valence-electron chi connectivity index (χ1n) is 8.06. The lowest BCUT2D eigenvalue weighted by Crippen LogP contribution is -2.37.